The topological polar surface area (TPSA) is 14.1 Å². The number of rotatable bonds is 0. The van der Waals surface area contributed by atoms with Crippen molar-refractivity contribution in [2.24, 2.45) is 11.8 Å². The average molecular weight is 296 g/mol. The molecule has 53 valence electrons. The largest absolute Gasteiger partial charge is 0.659 e. The van der Waals surface area contributed by atoms with Gasteiger partial charge >= 0.3 is 0 Å². The van der Waals surface area contributed by atoms with Crippen molar-refractivity contribution in [3.8, 4) is 0 Å². The molecule has 1 aliphatic carbocycles. The van der Waals surface area contributed by atoms with Crippen LogP contribution in [0.3, 0.4) is 0 Å². The molecular weight excluding hydrogens is 284 g/mol. The molecule has 3 unspecified atom stereocenters. The summed E-state index contributed by atoms with van der Waals surface area (Å²) in [5.41, 5.74) is 0. The molecule has 1 nitrogen and oxygen atoms in total. The van der Waals surface area contributed by atoms with Crippen LogP contribution in [-0.4, -0.2) is 12.6 Å². The summed E-state index contributed by atoms with van der Waals surface area (Å²) < 4.78 is 0. The van der Waals surface area contributed by atoms with Crippen LogP contribution in [0.5, 0.6) is 0 Å². The molecule has 0 aromatic carbocycles. The summed E-state index contributed by atoms with van der Waals surface area (Å²) >= 11 is 0. The summed E-state index contributed by atoms with van der Waals surface area (Å²) in [4.78, 5) is 0. The molecule has 0 amide bonds. The Bertz CT molecular complexity index is 103. The molecule has 1 saturated carbocycles. The molecule has 0 N–H and O–H groups in total. The normalized spacial score (nSPS) is 47.0. The van der Waals surface area contributed by atoms with Gasteiger partial charge in [0.15, 0.2) is 0 Å². The minimum atomic E-state index is 0. The van der Waals surface area contributed by atoms with Crippen molar-refractivity contribution in [2.75, 3.05) is 6.54 Å². The molecule has 1 saturated heterocycles. The zero-order chi connectivity index (χ0) is 5.56. The Morgan fingerprint density at radius 1 is 1.33 bits per heavy atom. The van der Waals surface area contributed by atoms with Crippen molar-refractivity contribution in [1.29, 1.82) is 0 Å². The van der Waals surface area contributed by atoms with Crippen molar-refractivity contribution in [1.82, 2.24) is 0 Å². The maximum Gasteiger partial charge on any atom is 0 e. The first-order valence-electron chi connectivity index (χ1n) is 3.53. The summed E-state index contributed by atoms with van der Waals surface area (Å²) in [6.07, 6.45) is 2.78. The van der Waals surface area contributed by atoms with Crippen LogP contribution < -0.4 is 0 Å². The first-order valence-corrected chi connectivity index (χ1v) is 3.53. The van der Waals surface area contributed by atoms with E-state index in [-0.39, 0.29) is 20.4 Å². The predicted octanol–water partition coefficient (Wildman–Crippen LogP) is 1.79. The fraction of sp³-hybridized carbons (Fsp3) is 1.00. The van der Waals surface area contributed by atoms with Crippen molar-refractivity contribution < 1.29 is 20.4 Å². The molecule has 1 radical (unpaired) electrons. The third-order valence-corrected chi connectivity index (χ3v) is 2.62. The summed E-state index contributed by atoms with van der Waals surface area (Å²) in [7, 11) is 0. The van der Waals surface area contributed by atoms with Crippen LogP contribution in [-0.2, 0) is 20.4 Å². The van der Waals surface area contributed by atoms with Crippen LogP contribution in [0.1, 0.15) is 19.8 Å². The van der Waals surface area contributed by atoms with E-state index in [9.17, 15) is 0 Å². The van der Waals surface area contributed by atoms with Gasteiger partial charge in [0.1, 0.15) is 0 Å². The summed E-state index contributed by atoms with van der Waals surface area (Å²) in [6.45, 7) is 3.53. The van der Waals surface area contributed by atoms with Gasteiger partial charge in [0.2, 0.25) is 0 Å². The smallest absolute Gasteiger partial charge is 0 e. The van der Waals surface area contributed by atoms with Gasteiger partial charge in [-0.2, -0.15) is 0 Å². The second-order valence-electron chi connectivity index (χ2n) is 3.23. The van der Waals surface area contributed by atoms with Gasteiger partial charge in [0, 0.05) is 20.4 Å². The van der Waals surface area contributed by atoms with Crippen LogP contribution in [0.4, 0.5) is 0 Å². The Kier molecular flexibility index (Phi) is 2.32. The maximum atomic E-state index is 4.45. The summed E-state index contributed by atoms with van der Waals surface area (Å²) in [5, 5.41) is 4.45. The predicted molar refractivity (Wildman–Crippen MR) is 33.9 cm³/mol. The zero-order valence-corrected chi connectivity index (χ0v) is 8.39. The molecule has 1 aliphatic heterocycles. The molecule has 0 spiro atoms. The fourth-order valence-corrected chi connectivity index (χ4v) is 1.99. The van der Waals surface area contributed by atoms with Crippen molar-refractivity contribution in [2.45, 2.75) is 25.8 Å². The quantitative estimate of drug-likeness (QED) is 0.647. The van der Waals surface area contributed by atoms with E-state index in [0.29, 0.717) is 0 Å². The molecule has 9 heavy (non-hydrogen) atoms. The van der Waals surface area contributed by atoms with E-state index in [1.165, 1.54) is 19.4 Å². The van der Waals surface area contributed by atoms with Gasteiger partial charge in [-0.25, -0.2) is 0 Å². The van der Waals surface area contributed by atoms with Gasteiger partial charge in [-0.15, -0.1) is 12.6 Å². The second kappa shape index (κ2) is 2.70. The van der Waals surface area contributed by atoms with Crippen LogP contribution in [0.25, 0.3) is 5.32 Å². The molecule has 1 heterocycles. The minimum absolute atomic E-state index is 0. The van der Waals surface area contributed by atoms with E-state index in [1.807, 2.05) is 0 Å². The van der Waals surface area contributed by atoms with Gasteiger partial charge < -0.3 is 5.32 Å². The van der Waals surface area contributed by atoms with E-state index in [2.05, 4.69) is 12.2 Å². The monoisotopic (exact) mass is 297 g/mol. The molecule has 3 atom stereocenters. The molecule has 2 bridgehead atoms. The van der Waals surface area contributed by atoms with E-state index < -0.39 is 0 Å². The van der Waals surface area contributed by atoms with E-state index in [1.54, 1.807) is 0 Å². The second-order valence-corrected chi connectivity index (χ2v) is 3.23. The molecular formula is C7H12NRe-. The molecule has 0 aromatic rings. The van der Waals surface area contributed by atoms with E-state index >= 15 is 0 Å². The summed E-state index contributed by atoms with van der Waals surface area (Å²) in [5.74, 6) is 1.96. The zero-order valence-electron chi connectivity index (χ0n) is 5.68. The number of nitrogens with zero attached hydrogens (tertiary/aromatic N) is 1. The van der Waals surface area contributed by atoms with Crippen LogP contribution in [0, 0.1) is 11.8 Å². The maximum absolute atomic E-state index is 4.45. The third-order valence-electron chi connectivity index (χ3n) is 2.62. The van der Waals surface area contributed by atoms with E-state index in [4.69, 9.17) is 0 Å². The molecule has 0 aromatic heterocycles. The Morgan fingerprint density at radius 3 is 2.33 bits per heavy atom. The minimum Gasteiger partial charge on any atom is -0.659 e. The number of hydrogen-bond acceptors (Lipinski definition) is 0. The van der Waals surface area contributed by atoms with Crippen LogP contribution in [0.2, 0.25) is 0 Å². The number of hydrogen-bond donors (Lipinski definition) is 0. The van der Waals surface area contributed by atoms with Gasteiger partial charge in [0.25, 0.3) is 0 Å². The van der Waals surface area contributed by atoms with Gasteiger partial charge in [0.05, 0.1) is 0 Å². The Hall–Kier alpha value is 0.622. The summed E-state index contributed by atoms with van der Waals surface area (Å²) in [6, 6.07) is 0.773. The first-order chi connectivity index (χ1) is 3.86. The number of piperidine rings is 1. The molecule has 2 rings (SSSR count). The van der Waals surface area contributed by atoms with Crippen LogP contribution >= 0.6 is 0 Å². The van der Waals surface area contributed by atoms with Crippen molar-refractivity contribution in [3.05, 3.63) is 5.32 Å². The van der Waals surface area contributed by atoms with Gasteiger partial charge in [-0.3, -0.25) is 0 Å². The Labute approximate surface area is 70.2 Å². The van der Waals surface area contributed by atoms with Gasteiger partial charge in [-0.05, 0) is 5.92 Å². The van der Waals surface area contributed by atoms with E-state index in [0.717, 1.165) is 17.9 Å². The molecule has 2 fully saturated rings. The number of fused-ring (bicyclic) bond motifs is 2. The van der Waals surface area contributed by atoms with Crippen LogP contribution in [0.15, 0.2) is 0 Å². The Balaban J connectivity index is 0.000000405. The SMILES string of the molecule is CC1CC2CC1C[N-]2.[Re]. The fourth-order valence-electron chi connectivity index (χ4n) is 1.99. The Morgan fingerprint density at radius 2 is 2.11 bits per heavy atom. The molecule has 2 aliphatic rings. The standard InChI is InChI=1S/C7H12N.Re/c1-5-2-7-3-6(5)4-8-7;/h5-7H,2-4H2,1H3;/q-1;. The molecule has 2 heteroatoms. The van der Waals surface area contributed by atoms with Crippen molar-refractivity contribution >= 4 is 0 Å². The third kappa shape index (κ3) is 1.22. The van der Waals surface area contributed by atoms with Crippen molar-refractivity contribution in [3.63, 3.8) is 0 Å². The first kappa shape index (κ1) is 7.73. The average Bonchev–Trinajstić information content (AvgIpc) is 2.23. The van der Waals surface area contributed by atoms with Gasteiger partial charge in [-0.1, -0.05) is 25.7 Å².